The van der Waals surface area contributed by atoms with E-state index >= 15 is 8.78 Å². The summed E-state index contributed by atoms with van der Waals surface area (Å²) in [7, 11) is 1.46. The molecule has 2 aromatic heterocycles. The fourth-order valence-corrected chi connectivity index (χ4v) is 6.21. The Morgan fingerprint density at radius 2 is 1.90 bits per heavy atom. The van der Waals surface area contributed by atoms with Crippen molar-refractivity contribution in [2.24, 2.45) is 5.73 Å². The number of carbonyl (C=O) groups is 2. The van der Waals surface area contributed by atoms with Crippen LogP contribution in [-0.2, 0) is 15.8 Å². The number of rotatable bonds is 9. The Labute approximate surface area is 282 Å². The fourth-order valence-electron chi connectivity index (χ4n) is 6.05. The predicted molar refractivity (Wildman–Crippen MR) is 173 cm³/mol. The molecule has 7 rings (SSSR count). The van der Waals surface area contributed by atoms with Crippen LogP contribution in [0.25, 0.3) is 22.2 Å². The number of nitrogens with one attached hydrogen (secondary N) is 1. The van der Waals surface area contributed by atoms with Crippen molar-refractivity contribution in [1.82, 2.24) is 20.1 Å². The summed E-state index contributed by atoms with van der Waals surface area (Å²) in [6.07, 6.45) is 3.83. The number of hydrogen-bond acceptors (Lipinski definition) is 7. The van der Waals surface area contributed by atoms with Crippen molar-refractivity contribution in [3.8, 4) is 22.8 Å². The van der Waals surface area contributed by atoms with Crippen LogP contribution in [0.2, 0.25) is 5.02 Å². The minimum Gasteiger partial charge on any atom is -0.494 e. The van der Waals surface area contributed by atoms with E-state index < -0.39 is 51.8 Å². The van der Waals surface area contributed by atoms with Gasteiger partial charge in [-0.25, -0.2) is 18.2 Å². The van der Waals surface area contributed by atoms with Crippen molar-refractivity contribution in [1.29, 1.82) is 0 Å². The van der Waals surface area contributed by atoms with Crippen LogP contribution in [0.15, 0.2) is 60.8 Å². The molecule has 14 heteroatoms. The summed E-state index contributed by atoms with van der Waals surface area (Å²) in [6, 6.07) is 11.6. The largest absolute Gasteiger partial charge is 0.494 e. The van der Waals surface area contributed by atoms with E-state index in [0.717, 1.165) is 25.0 Å². The van der Waals surface area contributed by atoms with Crippen molar-refractivity contribution >= 4 is 34.3 Å². The molecular weight excluding hydrogens is 663 g/mol. The number of nitrogens with two attached hydrogens (primary N) is 1. The third-order valence-electron chi connectivity index (χ3n) is 9.12. The van der Waals surface area contributed by atoms with Crippen LogP contribution in [0, 0.1) is 17.5 Å². The SMILES string of the molecule is COc1cc(C(=O)NC[C@](O)(c2cc3c(c(-c4cc(Cl)c(F)cc4F)n2)OC[C@]3(C)C(N)=O)c2ccccc2F)cc2cn(C3CC3)nc12. The van der Waals surface area contributed by atoms with Crippen LogP contribution in [0.1, 0.15) is 53.0 Å². The smallest absolute Gasteiger partial charge is 0.251 e. The molecule has 0 saturated heterocycles. The van der Waals surface area contributed by atoms with Crippen LogP contribution in [0.4, 0.5) is 13.2 Å². The molecule has 0 bridgehead atoms. The lowest BCUT2D eigenvalue weighted by Crippen LogP contribution is -2.44. The average Bonchev–Trinajstić information content (AvgIpc) is 3.75. The highest BCUT2D eigenvalue weighted by atomic mass is 35.5. The molecule has 4 N–H and O–H groups in total. The first-order valence-electron chi connectivity index (χ1n) is 15.3. The summed E-state index contributed by atoms with van der Waals surface area (Å²) >= 11 is 6.02. The maximum absolute atomic E-state index is 15.6. The molecule has 0 spiro atoms. The number of benzene rings is 3. The number of primary amides is 1. The van der Waals surface area contributed by atoms with E-state index in [2.05, 4.69) is 15.4 Å². The second-order valence-corrected chi connectivity index (χ2v) is 12.9. The van der Waals surface area contributed by atoms with Crippen molar-refractivity contribution in [2.75, 3.05) is 20.3 Å². The van der Waals surface area contributed by atoms with Gasteiger partial charge in [-0.1, -0.05) is 29.8 Å². The average molecular weight is 692 g/mol. The van der Waals surface area contributed by atoms with E-state index in [9.17, 15) is 19.1 Å². The number of methoxy groups -OCH3 is 1. The zero-order chi connectivity index (χ0) is 34.8. The summed E-state index contributed by atoms with van der Waals surface area (Å²) < 4.78 is 58.2. The molecule has 0 radical (unpaired) electrons. The molecule has 3 aromatic carbocycles. The molecule has 5 aromatic rings. The van der Waals surface area contributed by atoms with Crippen LogP contribution in [0.3, 0.4) is 0 Å². The van der Waals surface area contributed by atoms with Gasteiger partial charge >= 0.3 is 0 Å². The van der Waals surface area contributed by atoms with Gasteiger partial charge in [-0.3, -0.25) is 14.3 Å². The first kappa shape index (κ1) is 32.4. The molecule has 0 unspecified atom stereocenters. The molecular formula is C35H29ClF3N5O5. The monoisotopic (exact) mass is 691 g/mol. The van der Waals surface area contributed by atoms with Crippen molar-refractivity contribution < 1.29 is 37.3 Å². The molecule has 3 heterocycles. The summed E-state index contributed by atoms with van der Waals surface area (Å²) in [5.74, 6) is -4.08. The number of halogens is 4. The number of amides is 2. The maximum Gasteiger partial charge on any atom is 0.251 e. The normalized spacial score (nSPS) is 18.1. The summed E-state index contributed by atoms with van der Waals surface area (Å²) in [4.78, 5) is 30.9. The molecule has 1 aliphatic heterocycles. The Morgan fingerprint density at radius 3 is 2.59 bits per heavy atom. The van der Waals surface area contributed by atoms with Gasteiger partial charge in [0, 0.05) is 39.9 Å². The minimum atomic E-state index is -2.42. The number of hydrogen-bond donors (Lipinski definition) is 3. The second kappa shape index (κ2) is 11.8. The molecule has 1 fully saturated rings. The van der Waals surface area contributed by atoms with Crippen LogP contribution >= 0.6 is 11.6 Å². The van der Waals surface area contributed by atoms with Gasteiger partial charge in [0.1, 0.15) is 52.2 Å². The molecule has 2 amide bonds. The van der Waals surface area contributed by atoms with Crippen LogP contribution in [0.5, 0.6) is 11.5 Å². The highest BCUT2D eigenvalue weighted by Gasteiger charge is 2.46. The maximum atomic E-state index is 15.6. The zero-order valence-corrected chi connectivity index (χ0v) is 26.9. The first-order chi connectivity index (χ1) is 23.3. The summed E-state index contributed by atoms with van der Waals surface area (Å²) in [6.45, 7) is 0.588. The van der Waals surface area contributed by atoms with E-state index in [1.807, 2.05) is 10.9 Å². The van der Waals surface area contributed by atoms with Gasteiger partial charge in [-0.15, -0.1) is 0 Å². The van der Waals surface area contributed by atoms with Gasteiger partial charge < -0.3 is 25.6 Å². The topological polar surface area (TPSA) is 142 Å². The Kier molecular flexibility index (Phi) is 7.79. The van der Waals surface area contributed by atoms with Crippen molar-refractivity contribution in [3.05, 3.63) is 106 Å². The quantitative estimate of drug-likeness (QED) is 0.178. The van der Waals surface area contributed by atoms with E-state index in [-0.39, 0.29) is 52.0 Å². The Hall–Kier alpha value is -5.14. The van der Waals surface area contributed by atoms with Crippen LogP contribution < -0.4 is 20.5 Å². The number of pyridine rings is 1. The van der Waals surface area contributed by atoms with E-state index in [1.165, 1.54) is 44.4 Å². The summed E-state index contributed by atoms with van der Waals surface area (Å²) in [5.41, 5.74) is 1.60. The van der Waals surface area contributed by atoms with Crippen molar-refractivity contribution in [3.63, 3.8) is 0 Å². The Morgan fingerprint density at radius 1 is 1.14 bits per heavy atom. The van der Waals surface area contributed by atoms with Gasteiger partial charge in [0.2, 0.25) is 5.91 Å². The summed E-state index contributed by atoms with van der Waals surface area (Å²) in [5, 5.41) is 20.0. The molecule has 49 heavy (non-hydrogen) atoms. The molecule has 10 nitrogen and oxygen atoms in total. The van der Waals surface area contributed by atoms with E-state index in [1.54, 1.807) is 6.07 Å². The van der Waals surface area contributed by atoms with Gasteiger partial charge in [-0.05, 0) is 50.1 Å². The Bertz CT molecular complexity index is 2190. The molecule has 1 saturated carbocycles. The molecule has 2 aliphatic rings. The second-order valence-electron chi connectivity index (χ2n) is 12.4. The highest BCUT2D eigenvalue weighted by molar-refractivity contribution is 6.31. The van der Waals surface area contributed by atoms with Gasteiger partial charge in [0.25, 0.3) is 5.91 Å². The number of aromatic nitrogens is 3. The lowest BCUT2D eigenvalue weighted by molar-refractivity contribution is -0.123. The Balaban J connectivity index is 1.36. The number of aliphatic hydroxyl groups is 1. The lowest BCUT2D eigenvalue weighted by atomic mass is 9.80. The number of fused-ring (bicyclic) bond motifs is 2. The van der Waals surface area contributed by atoms with E-state index in [4.69, 9.17) is 26.8 Å². The molecule has 252 valence electrons. The predicted octanol–water partition coefficient (Wildman–Crippen LogP) is 5.31. The van der Waals surface area contributed by atoms with Crippen LogP contribution in [-0.4, -0.2) is 51.9 Å². The molecule has 2 atom stereocenters. The van der Waals surface area contributed by atoms with Crippen molar-refractivity contribution in [2.45, 2.75) is 36.8 Å². The third kappa shape index (κ3) is 5.42. The van der Waals surface area contributed by atoms with Gasteiger partial charge in [-0.2, -0.15) is 5.10 Å². The molecule has 1 aliphatic carbocycles. The first-order valence-corrected chi connectivity index (χ1v) is 15.7. The van der Waals surface area contributed by atoms with E-state index in [0.29, 0.717) is 22.7 Å². The van der Waals surface area contributed by atoms with Gasteiger partial charge in [0.15, 0.2) is 5.60 Å². The zero-order valence-electron chi connectivity index (χ0n) is 26.2. The minimum absolute atomic E-state index is 0.0568. The third-order valence-corrected chi connectivity index (χ3v) is 9.41. The number of carbonyl (C=O) groups excluding carboxylic acids is 2. The lowest BCUT2D eigenvalue weighted by Gasteiger charge is -2.30. The van der Waals surface area contributed by atoms with Gasteiger partial charge in [0.05, 0.1) is 30.4 Å². The number of ether oxygens (including phenoxy) is 2. The standard InChI is InChI=1S/C35H29ClF3N5O5/c1-34(33(40)46)16-49-31-22(34)12-28(42-30(31)20-11-23(36)26(39)13-25(20)38)35(47,21-5-3-4-6-24(21)37)15-41-32(45)17-9-18-14-44(19-7-8-19)43-29(18)27(10-17)48-2/h3-6,9-14,19,47H,7-8,15-16H2,1-2H3,(H2,40,46)(H,41,45)/t34-,35+/m0/s1. The number of nitrogens with zero attached hydrogens (tertiary/aromatic N) is 3. The fraction of sp³-hybridized carbons (Fsp3) is 0.257. The highest BCUT2D eigenvalue weighted by Crippen LogP contribution is 2.47.